The first-order valence-corrected chi connectivity index (χ1v) is 25.7. The summed E-state index contributed by atoms with van der Waals surface area (Å²) in [6.45, 7) is 5.20. The first kappa shape index (κ1) is 45.1. The number of carbonyl (C=O) groups is 2. The molecule has 5 heterocycles. The maximum Gasteiger partial charge on any atom is 0.265 e. The second kappa shape index (κ2) is 16.8. The Hall–Kier alpha value is -5.69. The minimum Gasteiger partial charge on any atom is -0.348 e. The van der Waals surface area contributed by atoms with E-state index in [1.54, 1.807) is 41.4 Å². The number of aryl methyl sites for hydroxylation is 3. The molecule has 2 spiro atoms. The summed E-state index contributed by atoms with van der Waals surface area (Å²) in [7, 11) is -4.17. The Kier molecular flexibility index (Phi) is 11.3. The Bertz CT molecular complexity index is 3190. The predicted molar refractivity (Wildman–Crippen MR) is 253 cm³/mol. The molecular weight excluding hydrogens is 910 g/mol. The molecule has 10 rings (SSSR count). The van der Waals surface area contributed by atoms with Crippen molar-refractivity contribution >= 4 is 43.5 Å². The van der Waals surface area contributed by atoms with Crippen molar-refractivity contribution in [2.75, 3.05) is 26.2 Å². The molecule has 1 aliphatic carbocycles. The molecule has 1 unspecified atom stereocenters. The molecule has 4 aromatic carbocycles. The van der Waals surface area contributed by atoms with Crippen molar-refractivity contribution in [1.82, 2.24) is 43.5 Å². The molecule has 18 heteroatoms. The molecule has 3 aliphatic heterocycles. The predicted octanol–water partition coefficient (Wildman–Crippen LogP) is 6.01. The minimum absolute atomic E-state index is 0.00657. The highest BCUT2D eigenvalue weighted by atomic mass is 35.5. The number of aromatic nitrogens is 4. The van der Waals surface area contributed by atoms with Gasteiger partial charge in [-0.25, -0.2) is 31.8 Å². The zero-order chi connectivity index (χ0) is 47.0. The summed E-state index contributed by atoms with van der Waals surface area (Å²) in [6, 6.07) is 25.1. The second-order valence-electron chi connectivity index (χ2n) is 18.5. The summed E-state index contributed by atoms with van der Waals surface area (Å²) in [5.74, 6) is -0.488. The van der Waals surface area contributed by atoms with E-state index in [2.05, 4.69) is 45.0 Å². The van der Waals surface area contributed by atoms with Gasteiger partial charge in [-0.3, -0.25) is 15.0 Å². The number of hydrogen-bond donors (Lipinski definition) is 2. The third kappa shape index (κ3) is 7.69. The van der Waals surface area contributed by atoms with Gasteiger partial charge in [0.25, 0.3) is 31.9 Å². The van der Waals surface area contributed by atoms with Crippen LogP contribution in [-0.2, 0) is 58.1 Å². The standard InChI is InChI=1S/C49H52ClN9O6S2/c1-32-24-37(50)14-15-38(32)47(61)54-59-27-36-13-12-34(25-42(36)49(59)18-22-58(23-19-49)67(64,65)45-29-56(4)31-52-45)39-9-7-10-40(33(39)2)46(60)53-43-26-35-8-5-6-11-41(35)48(43)16-20-57(21-17-48)66(62,63)44-28-55(3)30-51-44/h5-15,24-25,28-31,43H,16-23,26-27H2,1-4H3,(H,53,60)(H,54,61). The number of piperidine rings is 2. The van der Waals surface area contributed by atoms with Gasteiger partial charge in [0.05, 0.1) is 18.2 Å². The van der Waals surface area contributed by atoms with Crippen molar-refractivity contribution in [2.24, 2.45) is 14.1 Å². The molecule has 15 nitrogen and oxygen atoms in total. The normalized spacial score (nSPS) is 19.4. The number of halogens is 1. The second-order valence-corrected chi connectivity index (χ2v) is 22.7. The Labute approximate surface area is 395 Å². The number of hydrogen-bond acceptors (Lipinski definition) is 9. The van der Waals surface area contributed by atoms with Crippen molar-refractivity contribution in [1.29, 1.82) is 0 Å². The highest BCUT2D eigenvalue weighted by Crippen LogP contribution is 2.49. The van der Waals surface area contributed by atoms with Crippen LogP contribution in [-0.4, -0.2) is 93.6 Å². The van der Waals surface area contributed by atoms with Crippen molar-refractivity contribution in [3.8, 4) is 11.1 Å². The minimum atomic E-state index is -3.86. The molecular formula is C49H52ClN9O6S2. The van der Waals surface area contributed by atoms with Crippen LogP contribution in [0.4, 0.5) is 0 Å². The summed E-state index contributed by atoms with van der Waals surface area (Å²) in [5.41, 5.74) is 10.6. The highest BCUT2D eigenvalue weighted by Gasteiger charge is 2.52. The quantitative estimate of drug-likeness (QED) is 0.176. The highest BCUT2D eigenvalue weighted by molar-refractivity contribution is 7.89. The summed E-state index contributed by atoms with van der Waals surface area (Å²) in [6.07, 6.45) is 8.49. The molecule has 2 aromatic heterocycles. The van der Waals surface area contributed by atoms with E-state index in [1.165, 1.54) is 33.7 Å². The van der Waals surface area contributed by atoms with E-state index in [9.17, 15) is 26.4 Å². The molecule has 0 saturated carbocycles. The monoisotopic (exact) mass is 961 g/mol. The third-order valence-corrected chi connectivity index (χ3v) is 18.5. The average molecular weight is 963 g/mol. The van der Waals surface area contributed by atoms with Crippen LogP contribution in [0.25, 0.3) is 11.1 Å². The van der Waals surface area contributed by atoms with Gasteiger partial charge in [0.15, 0.2) is 10.1 Å². The van der Waals surface area contributed by atoms with Crippen molar-refractivity contribution in [3.63, 3.8) is 0 Å². The van der Waals surface area contributed by atoms with Gasteiger partial charge in [-0.2, -0.15) is 8.61 Å². The number of nitrogens with zero attached hydrogens (tertiary/aromatic N) is 7. The van der Waals surface area contributed by atoms with E-state index in [4.69, 9.17) is 11.6 Å². The summed E-state index contributed by atoms with van der Waals surface area (Å²) in [5, 5.41) is 5.96. The van der Waals surface area contributed by atoms with Crippen molar-refractivity contribution < 1.29 is 26.4 Å². The van der Waals surface area contributed by atoms with Gasteiger partial charge >= 0.3 is 0 Å². The lowest BCUT2D eigenvalue weighted by molar-refractivity contribution is 0.00619. The maximum absolute atomic E-state index is 14.6. The van der Waals surface area contributed by atoms with Crippen LogP contribution in [0.2, 0.25) is 5.02 Å². The molecule has 2 fully saturated rings. The van der Waals surface area contributed by atoms with Gasteiger partial charge < -0.3 is 14.5 Å². The average Bonchev–Trinajstić information content (AvgIpc) is 4.09. The van der Waals surface area contributed by atoms with Gasteiger partial charge in [-0.05, 0) is 121 Å². The number of amides is 2. The first-order valence-electron chi connectivity index (χ1n) is 22.4. The van der Waals surface area contributed by atoms with Gasteiger partial charge in [0.2, 0.25) is 0 Å². The Morgan fingerprint density at radius 1 is 0.701 bits per heavy atom. The first-order chi connectivity index (χ1) is 32.0. The number of hydrazine groups is 1. The number of imidazole rings is 2. The molecule has 4 aliphatic rings. The number of fused-ring (bicyclic) bond motifs is 4. The van der Waals surface area contributed by atoms with Crippen LogP contribution >= 0.6 is 11.6 Å². The topological polar surface area (TPSA) is 172 Å². The van der Waals surface area contributed by atoms with Gasteiger partial charge in [0.1, 0.15) is 0 Å². The van der Waals surface area contributed by atoms with Crippen LogP contribution in [0.15, 0.2) is 114 Å². The number of rotatable bonds is 9. The molecule has 0 bridgehead atoms. The zero-order valence-corrected chi connectivity index (χ0v) is 40.1. The molecule has 2 N–H and O–H groups in total. The Balaban J connectivity index is 0.934. The number of benzene rings is 4. The van der Waals surface area contributed by atoms with E-state index in [0.717, 1.165) is 44.5 Å². The Morgan fingerprint density at radius 3 is 1.97 bits per heavy atom. The largest absolute Gasteiger partial charge is 0.348 e. The molecule has 6 aromatic rings. The lowest BCUT2D eigenvalue weighted by atomic mass is 9.71. The molecule has 0 radical (unpaired) electrons. The zero-order valence-electron chi connectivity index (χ0n) is 37.7. The fourth-order valence-electron chi connectivity index (χ4n) is 11.1. The summed E-state index contributed by atoms with van der Waals surface area (Å²) in [4.78, 5) is 36.9. The molecule has 1 atom stereocenters. The molecule has 67 heavy (non-hydrogen) atoms. The summed E-state index contributed by atoms with van der Waals surface area (Å²) < 4.78 is 60.9. The van der Waals surface area contributed by atoms with Gasteiger partial charge in [-0.1, -0.05) is 60.1 Å². The SMILES string of the molecule is Cc1cc(Cl)ccc1C(=O)NN1Cc2ccc(-c3cccc(C(=O)NC4Cc5ccccc5C45CCN(S(=O)(=O)c4cn(C)cn4)CC5)c3C)cc2C12CCN(S(=O)(=O)c1cn(C)cn1)CC2. The lowest BCUT2D eigenvalue weighted by Gasteiger charge is -2.44. The smallest absolute Gasteiger partial charge is 0.265 e. The van der Waals surface area contributed by atoms with E-state index in [1.807, 2.05) is 55.3 Å². The molecule has 2 saturated heterocycles. The number of sulfonamides is 2. The van der Waals surface area contributed by atoms with Crippen LogP contribution in [0.1, 0.15) is 79.8 Å². The van der Waals surface area contributed by atoms with Crippen LogP contribution in [0.3, 0.4) is 0 Å². The van der Waals surface area contributed by atoms with Crippen LogP contribution in [0, 0.1) is 13.8 Å². The van der Waals surface area contributed by atoms with E-state index in [0.29, 0.717) is 67.9 Å². The van der Waals surface area contributed by atoms with E-state index >= 15 is 0 Å². The van der Waals surface area contributed by atoms with Crippen LogP contribution in [0.5, 0.6) is 0 Å². The van der Waals surface area contributed by atoms with Crippen molar-refractivity contribution in [2.45, 2.75) is 79.5 Å². The fourth-order valence-corrected chi connectivity index (χ4v) is 14.1. The molecule has 348 valence electrons. The van der Waals surface area contributed by atoms with Gasteiger partial charge in [0, 0.05) is 86.8 Å². The van der Waals surface area contributed by atoms with Crippen molar-refractivity contribution in [3.05, 3.63) is 153 Å². The fraction of sp³-hybridized carbons (Fsp3) is 0.347. The lowest BCUT2D eigenvalue weighted by Crippen LogP contribution is -2.56. The maximum atomic E-state index is 14.6. The molecule has 2 amide bonds. The number of carbonyl (C=O) groups excluding carboxylic acids is 2. The third-order valence-electron chi connectivity index (χ3n) is 14.7. The Morgan fingerprint density at radius 2 is 1.34 bits per heavy atom. The van der Waals surface area contributed by atoms with E-state index < -0.39 is 31.0 Å². The summed E-state index contributed by atoms with van der Waals surface area (Å²) >= 11 is 6.24. The van der Waals surface area contributed by atoms with Crippen LogP contribution < -0.4 is 10.7 Å². The van der Waals surface area contributed by atoms with Gasteiger partial charge in [-0.15, -0.1) is 0 Å². The van der Waals surface area contributed by atoms with E-state index in [-0.39, 0.29) is 41.0 Å². The number of nitrogens with one attached hydrogen (secondary N) is 2.